The third-order valence-electron chi connectivity index (χ3n) is 3.09. The fraction of sp³-hybridized carbons (Fsp3) is 0.667. The molecule has 1 N–H and O–H groups in total. The molecule has 1 aromatic rings. The molecule has 0 fully saturated rings. The van der Waals surface area contributed by atoms with Gasteiger partial charge in [-0.1, -0.05) is 26.3 Å². The van der Waals surface area contributed by atoms with Gasteiger partial charge in [-0.25, -0.2) is 0 Å². The molecule has 3 nitrogen and oxygen atoms in total. The van der Waals surface area contributed by atoms with E-state index in [9.17, 15) is 0 Å². The lowest BCUT2D eigenvalue weighted by atomic mass is 10.1. The van der Waals surface area contributed by atoms with Gasteiger partial charge in [0.25, 0.3) is 0 Å². The van der Waals surface area contributed by atoms with Crippen LogP contribution in [-0.4, -0.2) is 37.5 Å². The number of hydrogen-bond donors (Lipinski definition) is 1. The third kappa shape index (κ3) is 5.64. The van der Waals surface area contributed by atoms with Crippen molar-refractivity contribution in [2.24, 2.45) is 4.99 Å². The van der Waals surface area contributed by atoms with Crippen molar-refractivity contribution in [3.8, 4) is 0 Å². The zero-order valence-corrected chi connectivity index (χ0v) is 13.5. The summed E-state index contributed by atoms with van der Waals surface area (Å²) < 4.78 is 0. The number of aliphatic imine (C=N–C) groups is 1. The molecule has 0 spiro atoms. The highest BCUT2D eigenvalue weighted by atomic mass is 32.1. The Balaban J connectivity index is 2.56. The highest BCUT2D eigenvalue weighted by Crippen LogP contribution is 2.20. The van der Waals surface area contributed by atoms with E-state index >= 15 is 0 Å². The molecule has 1 atom stereocenters. The summed E-state index contributed by atoms with van der Waals surface area (Å²) in [6.07, 6.45) is 2.43. The minimum atomic E-state index is 0.494. The SMILES string of the molecule is CCCCN(C)C(=NCC(C)c1cccs1)NCC. The number of unbranched alkanes of at least 4 members (excludes halogenated alkanes) is 1. The van der Waals surface area contributed by atoms with E-state index in [0.29, 0.717) is 5.92 Å². The van der Waals surface area contributed by atoms with E-state index in [1.807, 2.05) is 11.3 Å². The molecular formula is C15H27N3S. The third-order valence-corrected chi connectivity index (χ3v) is 4.19. The number of guanidine groups is 1. The normalized spacial score (nSPS) is 13.4. The van der Waals surface area contributed by atoms with Crippen LogP contribution in [0.4, 0.5) is 0 Å². The summed E-state index contributed by atoms with van der Waals surface area (Å²) >= 11 is 1.82. The molecule has 4 heteroatoms. The minimum Gasteiger partial charge on any atom is -0.357 e. The van der Waals surface area contributed by atoms with Crippen molar-refractivity contribution in [3.05, 3.63) is 22.4 Å². The minimum absolute atomic E-state index is 0.494. The molecular weight excluding hydrogens is 254 g/mol. The Morgan fingerprint density at radius 3 is 2.84 bits per heavy atom. The summed E-state index contributed by atoms with van der Waals surface area (Å²) in [5, 5.41) is 5.50. The lowest BCUT2D eigenvalue weighted by Crippen LogP contribution is -2.39. The quantitative estimate of drug-likeness (QED) is 0.611. The second kappa shape index (κ2) is 8.97. The van der Waals surface area contributed by atoms with Crippen LogP contribution in [-0.2, 0) is 0 Å². The average molecular weight is 281 g/mol. The van der Waals surface area contributed by atoms with Gasteiger partial charge in [-0.2, -0.15) is 0 Å². The van der Waals surface area contributed by atoms with E-state index in [0.717, 1.165) is 25.6 Å². The molecule has 0 radical (unpaired) electrons. The molecule has 0 saturated heterocycles. The molecule has 108 valence electrons. The Hall–Kier alpha value is -1.03. The zero-order chi connectivity index (χ0) is 14.1. The molecule has 1 rings (SSSR count). The van der Waals surface area contributed by atoms with Gasteiger partial charge in [0.05, 0.1) is 6.54 Å². The highest BCUT2D eigenvalue weighted by Gasteiger charge is 2.08. The molecule has 1 heterocycles. The summed E-state index contributed by atoms with van der Waals surface area (Å²) in [4.78, 5) is 8.40. The van der Waals surface area contributed by atoms with E-state index in [1.54, 1.807) is 0 Å². The van der Waals surface area contributed by atoms with Crippen LogP contribution >= 0.6 is 11.3 Å². The Morgan fingerprint density at radius 1 is 1.47 bits per heavy atom. The standard InChI is InChI=1S/C15H27N3S/c1-5-7-10-18(4)15(16-6-2)17-12-13(3)14-9-8-11-19-14/h8-9,11,13H,5-7,10,12H2,1-4H3,(H,16,17). The Morgan fingerprint density at radius 2 is 2.26 bits per heavy atom. The second-order valence-corrected chi connectivity index (χ2v) is 5.87. The van der Waals surface area contributed by atoms with E-state index in [-0.39, 0.29) is 0 Å². The van der Waals surface area contributed by atoms with Crippen molar-refractivity contribution in [3.63, 3.8) is 0 Å². The van der Waals surface area contributed by atoms with Gasteiger partial charge in [0.2, 0.25) is 0 Å². The summed E-state index contributed by atoms with van der Waals surface area (Å²) in [5.74, 6) is 1.52. The van der Waals surface area contributed by atoms with Gasteiger partial charge < -0.3 is 10.2 Å². The second-order valence-electron chi connectivity index (χ2n) is 4.89. The van der Waals surface area contributed by atoms with Crippen molar-refractivity contribution in [2.75, 3.05) is 26.7 Å². The van der Waals surface area contributed by atoms with E-state index in [2.05, 4.69) is 55.5 Å². The number of thiophene rings is 1. The fourth-order valence-corrected chi connectivity index (χ4v) is 2.63. The average Bonchev–Trinajstić information content (AvgIpc) is 2.94. The van der Waals surface area contributed by atoms with Crippen LogP contribution in [0, 0.1) is 0 Å². The van der Waals surface area contributed by atoms with Crippen molar-refractivity contribution in [1.29, 1.82) is 0 Å². The molecule has 0 aliphatic carbocycles. The van der Waals surface area contributed by atoms with Gasteiger partial charge in [0, 0.05) is 30.9 Å². The molecule has 0 saturated carbocycles. The molecule has 0 aliphatic rings. The predicted octanol–water partition coefficient (Wildman–Crippen LogP) is 3.55. The molecule has 19 heavy (non-hydrogen) atoms. The first-order chi connectivity index (χ1) is 9.19. The summed E-state index contributed by atoms with van der Waals surface area (Å²) in [5.41, 5.74) is 0. The molecule has 0 aromatic carbocycles. The lowest BCUT2D eigenvalue weighted by molar-refractivity contribution is 0.464. The maximum absolute atomic E-state index is 4.76. The van der Waals surface area contributed by atoms with Crippen LogP contribution < -0.4 is 5.32 Å². The topological polar surface area (TPSA) is 27.6 Å². The first kappa shape index (κ1) is 16.0. The Labute approximate surface area is 121 Å². The first-order valence-electron chi connectivity index (χ1n) is 7.21. The Kier molecular flexibility index (Phi) is 7.56. The van der Waals surface area contributed by atoms with Crippen LogP contribution in [0.1, 0.15) is 44.4 Å². The van der Waals surface area contributed by atoms with Crippen LogP contribution in [0.25, 0.3) is 0 Å². The van der Waals surface area contributed by atoms with Crippen LogP contribution in [0.3, 0.4) is 0 Å². The van der Waals surface area contributed by atoms with E-state index in [4.69, 9.17) is 4.99 Å². The highest BCUT2D eigenvalue weighted by molar-refractivity contribution is 7.10. The predicted molar refractivity (Wildman–Crippen MR) is 86.3 cm³/mol. The van der Waals surface area contributed by atoms with Crippen LogP contribution in [0.2, 0.25) is 0 Å². The van der Waals surface area contributed by atoms with Crippen LogP contribution in [0.5, 0.6) is 0 Å². The summed E-state index contributed by atoms with van der Waals surface area (Å²) in [6.45, 7) is 9.41. The molecule has 0 bridgehead atoms. The molecule has 1 unspecified atom stereocenters. The van der Waals surface area contributed by atoms with Crippen molar-refractivity contribution in [1.82, 2.24) is 10.2 Å². The molecule has 0 aliphatic heterocycles. The zero-order valence-electron chi connectivity index (χ0n) is 12.6. The summed E-state index contributed by atoms with van der Waals surface area (Å²) in [7, 11) is 2.12. The van der Waals surface area contributed by atoms with E-state index in [1.165, 1.54) is 17.7 Å². The first-order valence-corrected chi connectivity index (χ1v) is 8.09. The monoisotopic (exact) mass is 281 g/mol. The van der Waals surface area contributed by atoms with Gasteiger partial charge in [-0.3, -0.25) is 4.99 Å². The van der Waals surface area contributed by atoms with Crippen molar-refractivity contribution >= 4 is 17.3 Å². The molecule has 0 amide bonds. The number of hydrogen-bond acceptors (Lipinski definition) is 2. The smallest absolute Gasteiger partial charge is 0.193 e. The summed E-state index contributed by atoms with van der Waals surface area (Å²) in [6, 6.07) is 4.30. The van der Waals surface area contributed by atoms with Crippen molar-refractivity contribution in [2.45, 2.75) is 39.5 Å². The molecule has 1 aromatic heterocycles. The maximum Gasteiger partial charge on any atom is 0.193 e. The number of nitrogens with one attached hydrogen (secondary N) is 1. The van der Waals surface area contributed by atoms with Gasteiger partial charge in [0.15, 0.2) is 5.96 Å². The van der Waals surface area contributed by atoms with E-state index < -0.39 is 0 Å². The number of nitrogens with zero attached hydrogens (tertiary/aromatic N) is 2. The van der Waals surface area contributed by atoms with Gasteiger partial charge in [-0.15, -0.1) is 11.3 Å². The van der Waals surface area contributed by atoms with Gasteiger partial charge in [0.1, 0.15) is 0 Å². The largest absolute Gasteiger partial charge is 0.357 e. The van der Waals surface area contributed by atoms with Gasteiger partial charge >= 0.3 is 0 Å². The Bertz CT molecular complexity index is 359. The lowest BCUT2D eigenvalue weighted by Gasteiger charge is -2.22. The maximum atomic E-state index is 4.76. The fourth-order valence-electron chi connectivity index (χ4n) is 1.86. The van der Waals surface area contributed by atoms with Crippen molar-refractivity contribution < 1.29 is 0 Å². The number of rotatable bonds is 7. The van der Waals surface area contributed by atoms with Gasteiger partial charge in [-0.05, 0) is 24.8 Å². The van der Waals surface area contributed by atoms with Crippen LogP contribution in [0.15, 0.2) is 22.5 Å².